The molecule has 0 aliphatic carbocycles. The molecule has 1 nitrogen and oxygen atoms in total. The first-order valence-electron chi connectivity index (χ1n) is 4.46. The topological polar surface area (TPSA) is 20.2 Å². The van der Waals surface area contributed by atoms with Gasteiger partial charge < -0.3 is 5.11 Å². The first kappa shape index (κ1) is 11.3. The van der Waals surface area contributed by atoms with Crippen molar-refractivity contribution in [2.45, 2.75) is 26.2 Å². The summed E-state index contributed by atoms with van der Waals surface area (Å²) < 4.78 is 26.8. The van der Waals surface area contributed by atoms with Crippen LogP contribution in [0.3, 0.4) is 0 Å². The highest BCUT2D eigenvalue weighted by atomic mass is 28.3. The van der Waals surface area contributed by atoms with Gasteiger partial charge in [-0.25, -0.2) is 8.78 Å². The van der Waals surface area contributed by atoms with Crippen LogP contribution in [0.1, 0.15) is 5.56 Å². The molecule has 78 valence electrons. The highest BCUT2D eigenvalue weighted by molar-refractivity contribution is 6.88. The van der Waals surface area contributed by atoms with Crippen LogP contribution in [0.4, 0.5) is 8.78 Å². The SMILES string of the molecule is C[Si](C)(C)c1ccc(CO)c(F)c1F. The second-order valence-corrected chi connectivity index (χ2v) is 9.35. The second kappa shape index (κ2) is 3.79. The molecule has 4 heteroatoms. The quantitative estimate of drug-likeness (QED) is 0.750. The number of aliphatic hydroxyl groups is 1. The molecule has 0 aliphatic heterocycles. The average Bonchev–Trinajstić information content (AvgIpc) is 2.07. The van der Waals surface area contributed by atoms with Gasteiger partial charge in [-0.1, -0.05) is 31.8 Å². The van der Waals surface area contributed by atoms with Gasteiger partial charge in [0.25, 0.3) is 0 Å². The molecule has 14 heavy (non-hydrogen) atoms. The Morgan fingerprint density at radius 2 is 1.71 bits per heavy atom. The Morgan fingerprint density at radius 1 is 1.14 bits per heavy atom. The van der Waals surface area contributed by atoms with Gasteiger partial charge in [0, 0.05) is 5.56 Å². The minimum Gasteiger partial charge on any atom is -0.392 e. The van der Waals surface area contributed by atoms with E-state index in [-0.39, 0.29) is 5.56 Å². The molecule has 0 saturated heterocycles. The maximum atomic E-state index is 13.5. The lowest BCUT2D eigenvalue weighted by atomic mass is 10.2. The van der Waals surface area contributed by atoms with E-state index in [1.807, 2.05) is 19.6 Å². The van der Waals surface area contributed by atoms with E-state index in [0.717, 1.165) is 0 Å². The van der Waals surface area contributed by atoms with E-state index < -0.39 is 26.3 Å². The molecule has 0 fully saturated rings. The normalized spacial score (nSPS) is 11.9. The van der Waals surface area contributed by atoms with Gasteiger partial charge in [0.05, 0.1) is 14.7 Å². The van der Waals surface area contributed by atoms with E-state index in [0.29, 0.717) is 5.19 Å². The predicted molar refractivity (Wildman–Crippen MR) is 55.3 cm³/mol. The van der Waals surface area contributed by atoms with E-state index in [9.17, 15) is 8.78 Å². The third-order valence-corrected chi connectivity index (χ3v) is 4.14. The maximum absolute atomic E-state index is 13.5. The summed E-state index contributed by atoms with van der Waals surface area (Å²) in [6.07, 6.45) is 0. The minimum absolute atomic E-state index is 0.0181. The third kappa shape index (κ3) is 2.01. The van der Waals surface area contributed by atoms with Crippen LogP contribution in [-0.2, 0) is 6.61 Å². The molecule has 0 atom stereocenters. The molecule has 0 heterocycles. The number of benzene rings is 1. The van der Waals surface area contributed by atoms with Crippen LogP contribution in [0.15, 0.2) is 12.1 Å². The molecule has 0 aromatic heterocycles. The van der Waals surface area contributed by atoms with Crippen LogP contribution in [0.5, 0.6) is 0 Å². The standard InChI is InChI=1S/C10H14F2OSi/c1-14(2,3)8-5-4-7(6-13)9(11)10(8)12/h4-5,13H,6H2,1-3H3. The Balaban J connectivity index is 3.31. The van der Waals surface area contributed by atoms with Crippen LogP contribution < -0.4 is 5.19 Å². The monoisotopic (exact) mass is 216 g/mol. The van der Waals surface area contributed by atoms with Crippen LogP contribution in [0.25, 0.3) is 0 Å². The molecule has 0 radical (unpaired) electrons. The summed E-state index contributed by atoms with van der Waals surface area (Å²) in [7, 11) is -1.84. The van der Waals surface area contributed by atoms with Crippen molar-refractivity contribution >= 4 is 13.3 Å². The Kier molecular flexibility index (Phi) is 3.06. The van der Waals surface area contributed by atoms with Crippen LogP contribution >= 0.6 is 0 Å². The Morgan fingerprint density at radius 3 is 2.14 bits per heavy atom. The summed E-state index contributed by atoms with van der Waals surface area (Å²) >= 11 is 0. The number of aliphatic hydroxyl groups excluding tert-OH is 1. The largest absolute Gasteiger partial charge is 0.392 e. The minimum atomic E-state index is -1.84. The van der Waals surface area contributed by atoms with Gasteiger partial charge in [-0.3, -0.25) is 0 Å². The van der Waals surface area contributed by atoms with E-state index in [4.69, 9.17) is 5.11 Å². The van der Waals surface area contributed by atoms with Crippen molar-refractivity contribution in [1.29, 1.82) is 0 Å². The first-order chi connectivity index (χ1) is 6.38. The van der Waals surface area contributed by atoms with Gasteiger partial charge in [-0.15, -0.1) is 0 Å². The fourth-order valence-corrected chi connectivity index (χ4v) is 2.64. The first-order valence-corrected chi connectivity index (χ1v) is 7.96. The van der Waals surface area contributed by atoms with E-state index in [2.05, 4.69) is 0 Å². The van der Waals surface area contributed by atoms with Crippen LogP contribution in [0.2, 0.25) is 19.6 Å². The molecule has 0 saturated carbocycles. The number of hydrogen-bond donors (Lipinski definition) is 1. The smallest absolute Gasteiger partial charge is 0.164 e. The molecule has 0 bridgehead atoms. The van der Waals surface area contributed by atoms with Crippen LogP contribution in [0, 0.1) is 11.6 Å². The number of halogens is 2. The fourth-order valence-electron chi connectivity index (χ4n) is 1.29. The van der Waals surface area contributed by atoms with E-state index in [1.54, 1.807) is 6.07 Å². The van der Waals surface area contributed by atoms with E-state index >= 15 is 0 Å². The maximum Gasteiger partial charge on any atom is 0.164 e. The summed E-state index contributed by atoms with van der Waals surface area (Å²) in [5.74, 6) is -1.71. The van der Waals surface area contributed by atoms with Gasteiger partial charge in [-0.2, -0.15) is 0 Å². The zero-order valence-corrected chi connectivity index (χ0v) is 9.56. The van der Waals surface area contributed by atoms with Crippen molar-refractivity contribution in [3.63, 3.8) is 0 Å². The number of hydrogen-bond acceptors (Lipinski definition) is 1. The molecule has 1 aromatic carbocycles. The molecular formula is C10H14F2OSi. The van der Waals surface area contributed by atoms with Crippen molar-refractivity contribution in [3.05, 3.63) is 29.3 Å². The van der Waals surface area contributed by atoms with Crippen molar-refractivity contribution in [2.75, 3.05) is 0 Å². The highest BCUT2D eigenvalue weighted by Crippen LogP contribution is 2.13. The highest BCUT2D eigenvalue weighted by Gasteiger charge is 2.23. The Labute approximate surface area is 83.4 Å². The van der Waals surface area contributed by atoms with Gasteiger partial charge in [0.15, 0.2) is 11.6 Å². The third-order valence-electron chi connectivity index (χ3n) is 2.14. The van der Waals surface area contributed by atoms with Gasteiger partial charge >= 0.3 is 0 Å². The van der Waals surface area contributed by atoms with Gasteiger partial charge in [0.2, 0.25) is 0 Å². The molecular weight excluding hydrogens is 202 g/mol. The molecule has 1 N–H and O–H groups in total. The molecule has 0 aliphatic rings. The van der Waals surface area contributed by atoms with Gasteiger partial charge in [0.1, 0.15) is 0 Å². The lowest BCUT2D eigenvalue weighted by molar-refractivity contribution is 0.273. The van der Waals surface area contributed by atoms with Gasteiger partial charge in [-0.05, 0) is 5.19 Å². The molecule has 1 aromatic rings. The Bertz CT molecular complexity index is 345. The van der Waals surface area contributed by atoms with Crippen LogP contribution in [-0.4, -0.2) is 13.2 Å². The fraction of sp³-hybridized carbons (Fsp3) is 0.400. The van der Waals surface area contributed by atoms with Crippen molar-refractivity contribution < 1.29 is 13.9 Å². The van der Waals surface area contributed by atoms with Crippen molar-refractivity contribution in [3.8, 4) is 0 Å². The molecule has 0 spiro atoms. The van der Waals surface area contributed by atoms with E-state index in [1.165, 1.54) is 6.07 Å². The summed E-state index contributed by atoms with van der Waals surface area (Å²) in [5.41, 5.74) is 0.0181. The average molecular weight is 216 g/mol. The lowest BCUT2D eigenvalue weighted by Crippen LogP contribution is -2.40. The second-order valence-electron chi connectivity index (χ2n) is 4.31. The predicted octanol–water partition coefficient (Wildman–Crippen LogP) is 2.00. The molecule has 0 amide bonds. The molecule has 1 rings (SSSR count). The zero-order valence-electron chi connectivity index (χ0n) is 8.56. The zero-order chi connectivity index (χ0) is 10.9. The lowest BCUT2D eigenvalue weighted by Gasteiger charge is -2.18. The number of rotatable bonds is 2. The Hall–Kier alpha value is -0.743. The summed E-state index contributed by atoms with van der Waals surface area (Å²) in [6, 6.07) is 3.03. The van der Waals surface area contributed by atoms with Crippen molar-refractivity contribution in [1.82, 2.24) is 0 Å². The summed E-state index contributed by atoms with van der Waals surface area (Å²) in [4.78, 5) is 0. The molecule has 0 unspecified atom stereocenters. The summed E-state index contributed by atoms with van der Waals surface area (Å²) in [5, 5.41) is 9.21. The van der Waals surface area contributed by atoms with Crippen molar-refractivity contribution in [2.24, 2.45) is 0 Å². The summed E-state index contributed by atoms with van der Waals surface area (Å²) in [6.45, 7) is 5.38.